The number of halogens is 1. The minimum absolute atomic E-state index is 0.0993. The molecule has 2 atom stereocenters. The molecule has 8 N–H and O–H groups in total. The number of amides is 2. The largest absolute Gasteiger partial charge is 0.489 e. The number of nitrogens with zero attached hydrogens (tertiary/aromatic N) is 3. The van der Waals surface area contributed by atoms with Crippen LogP contribution in [0.2, 0.25) is 0 Å². The zero-order valence-electron chi connectivity index (χ0n) is 21.4. The second-order valence-electron chi connectivity index (χ2n) is 9.49. The Morgan fingerprint density at radius 3 is 2.70 bits per heavy atom. The van der Waals surface area contributed by atoms with Gasteiger partial charge in [0.15, 0.2) is 5.82 Å². The Morgan fingerprint density at radius 2 is 2.05 bits per heavy atom. The predicted octanol–water partition coefficient (Wildman–Crippen LogP) is 2.47. The fourth-order valence-electron chi connectivity index (χ4n) is 3.44. The van der Waals surface area contributed by atoms with Crippen molar-refractivity contribution < 1.29 is 19.1 Å². The average Bonchev–Trinajstić information content (AvgIpc) is 3.23. The molecule has 2 aromatic rings. The zero-order chi connectivity index (χ0) is 27.5. The van der Waals surface area contributed by atoms with E-state index in [4.69, 9.17) is 38.3 Å². The minimum Gasteiger partial charge on any atom is -0.489 e. The Labute approximate surface area is 220 Å². The molecule has 0 saturated heterocycles. The van der Waals surface area contributed by atoms with Crippen LogP contribution in [0, 0.1) is 0 Å². The Hall–Kier alpha value is -4.06. The molecule has 2 unspecified atom stereocenters. The number of fused-ring (bicyclic) bond motifs is 1. The van der Waals surface area contributed by atoms with Crippen molar-refractivity contribution in [2.75, 3.05) is 30.5 Å². The molecular formula is C24H33ClN8O4. The summed E-state index contributed by atoms with van der Waals surface area (Å²) < 4.78 is 12.7. The van der Waals surface area contributed by atoms with E-state index in [2.05, 4.69) is 15.7 Å². The molecule has 0 bridgehead atoms. The highest BCUT2D eigenvalue weighted by molar-refractivity contribution is 6.23. The molecule has 1 aromatic carbocycles. The molecule has 1 aliphatic rings. The van der Waals surface area contributed by atoms with Gasteiger partial charge >= 0.3 is 6.09 Å². The van der Waals surface area contributed by atoms with Gasteiger partial charge in [-0.15, -0.1) is 0 Å². The minimum atomic E-state index is -0.713. The van der Waals surface area contributed by atoms with E-state index in [1.807, 2.05) is 0 Å². The summed E-state index contributed by atoms with van der Waals surface area (Å²) in [5.74, 6) is 0.221. The van der Waals surface area contributed by atoms with E-state index >= 15 is 0 Å². The van der Waals surface area contributed by atoms with E-state index in [1.54, 1.807) is 59.0 Å². The first-order valence-electron chi connectivity index (χ1n) is 11.5. The quantitative estimate of drug-likeness (QED) is 0.155. The molecular weight excluding hydrogens is 500 g/mol. The number of hydrogen-bond donors (Lipinski definition) is 5. The Balaban J connectivity index is 1.70. The summed E-state index contributed by atoms with van der Waals surface area (Å²) >= 11 is 6.34. The first-order chi connectivity index (χ1) is 17.3. The predicted molar refractivity (Wildman–Crippen MR) is 144 cm³/mol. The van der Waals surface area contributed by atoms with Gasteiger partial charge in [0.2, 0.25) is 0 Å². The average molecular weight is 533 g/mol. The normalized spacial score (nSPS) is 16.1. The number of carbonyl (C=O) groups excluding carboxylic acids is 2. The van der Waals surface area contributed by atoms with Gasteiger partial charge in [-0.1, -0.05) is 11.6 Å². The number of rotatable bonds is 7. The topological polar surface area (TPSA) is 176 Å². The second kappa shape index (κ2) is 10.9. The smallest absolute Gasteiger partial charge is 0.414 e. The maximum atomic E-state index is 13.1. The van der Waals surface area contributed by atoms with Crippen LogP contribution in [-0.2, 0) is 9.47 Å². The molecule has 1 aliphatic heterocycles. The lowest BCUT2D eigenvalue weighted by atomic mass is 10.1. The molecule has 0 saturated carbocycles. The number of ether oxygens (including phenoxy) is 2. The summed E-state index contributed by atoms with van der Waals surface area (Å²) in [6.07, 6.45) is 3.69. The van der Waals surface area contributed by atoms with Crippen LogP contribution in [0.4, 0.5) is 16.2 Å². The summed E-state index contributed by atoms with van der Waals surface area (Å²) in [5.41, 5.74) is 21.2. The van der Waals surface area contributed by atoms with Gasteiger partial charge in [0.1, 0.15) is 29.2 Å². The summed E-state index contributed by atoms with van der Waals surface area (Å²) in [4.78, 5) is 31.3. The third-order valence-corrected chi connectivity index (χ3v) is 5.39. The van der Waals surface area contributed by atoms with Crippen molar-refractivity contribution in [3.8, 4) is 0 Å². The highest BCUT2D eigenvalue weighted by atomic mass is 35.5. The van der Waals surface area contributed by atoms with E-state index in [9.17, 15) is 9.59 Å². The number of anilines is 2. The van der Waals surface area contributed by atoms with Crippen molar-refractivity contribution in [2.24, 2.45) is 5.73 Å². The Kier molecular flexibility index (Phi) is 8.12. The van der Waals surface area contributed by atoms with Gasteiger partial charge < -0.3 is 37.4 Å². The van der Waals surface area contributed by atoms with E-state index in [0.29, 0.717) is 34.2 Å². The van der Waals surface area contributed by atoms with Gasteiger partial charge in [0.05, 0.1) is 17.9 Å². The third kappa shape index (κ3) is 6.58. The van der Waals surface area contributed by atoms with Crippen LogP contribution in [0.3, 0.4) is 0 Å². The van der Waals surface area contributed by atoms with Gasteiger partial charge in [-0.05, 0) is 52.0 Å². The van der Waals surface area contributed by atoms with Crippen LogP contribution in [-0.4, -0.2) is 57.4 Å². The van der Waals surface area contributed by atoms with Crippen LogP contribution in [0.15, 0.2) is 36.7 Å². The number of nitrogens with one attached hydrogen (secondary N) is 2. The number of alkyl halides is 1. The first kappa shape index (κ1) is 27.5. The molecule has 0 aliphatic carbocycles. The fourth-order valence-corrected chi connectivity index (χ4v) is 3.66. The van der Waals surface area contributed by atoms with Crippen molar-refractivity contribution in [1.29, 1.82) is 0 Å². The van der Waals surface area contributed by atoms with E-state index in [0.717, 1.165) is 0 Å². The fraction of sp³-hybridized carbons (Fsp3) is 0.375. The summed E-state index contributed by atoms with van der Waals surface area (Å²) in [7, 11) is 1.54. The molecule has 1 aromatic heterocycles. The number of carbonyl (C=O) groups is 2. The number of benzene rings is 1. The van der Waals surface area contributed by atoms with Crippen molar-refractivity contribution in [2.45, 2.75) is 44.8 Å². The number of nitrogens with two attached hydrogens (primary N) is 3. The van der Waals surface area contributed by atoms with E-state index < -0.39 is 29.1 Å². The van der Waals surface area contributed by atoms with Gasteiger partial charge in [-0.2, -0.15) is 0 Å². The summed E-state index contributed by atoms with van der Waals surface area (Å²) in [5, 5.41) is 2.85. The van der Waals surface area contributed by atoms with E-state index in [1.165, 1.54) is 22.0 Å². The molecule has 3 rings (SSSR count). The van der Waals surface area contributed by atoms with Crippen molar-refractivity contribution >= 4 is 46.4 Å². The molecule has 12 nitrogen and oxygen atoms in total. The maximum absolute atomic E-state index is 13.1. The Morgan fingerprint density at radius 1 is 1.35 bits per heavy atom. The molecule has 0 spiro atoms. The van der Waals surface area contributed by atoms with Crippen molar-refractivity contribution in [3.63, 3.8) is 0 Å². The van der Waals surface area contributed by atoms with Crippen LogP contribution >= 0.6 is 11.6 Å². The van der Waals surface area contributed by atoms with Crippen LogP contribution in [0.1, 0.15) is 49.6 Å². The maximum Gasteiger partial charge on any atom is 0.414 e. The number of nitrogen functional groups attached to an aromatic ring is 2. The lowest BCUT2D eigenvalue weighted by Gasteiger charge is -2.29. The third-order valence-electron chi connectivity index (χ3n) is 5.17. The number of imidazole rings is 1. The standard InChI is InChI=1S/C24H33ClN8O4/c1-13(12-36-19(10-26)15-8-14(27)6-7-16(15)28)30-22(34)18-11-29-21-17(9-20(25)31-33(18)21)32(5)23(35)37-24(2,3)4/h6-11,13,20,31H,12,26-28H2,1-5H3,(H,30,34)/b19-10+. The number of hydrogen-bond acceptors (Lipinski definition) is 9. The van der Waals surface area contributed by atoms with E-state index in [-0.39, 0.29) is 12.3 Å². The van der Waals surface area contributed by atoms with Gasteiger partial charge in [0.25, 0.3) is 5.91 Å². The van der Waals surface area contributed by atoms with Crippen molar-refractivity contribution in [1.82, 2.24) is 19.9 Å². The van der Waals surface area contributed by atoms with Crippen LogP contribution < -0.4 is 27.9 Å². The highest BCUT2D eigenvalue weighted by Crippen LogP contribution is 2.26. The molecule has 0 radical (unpaired) electrons. The van der Waals surface area contributed by atoms with Gasteiger partial charge in [-0.3, -0.25) is 9.69 Å². The monoisotopic (exact) mass is 532 g/mol. The second-order valence-corrected chi connectivity index (χ2v) is 9.96. The molecule has 2 amide bonds. The summed E-state index contributed by atoms with van der Waals surface area (Å²) in [6.45, 7) is 7.17. The molecule has 2 heterocycles. The van der Waals surface area contributed by atoms with Crippen LogP contribution in [0.5, 0.6) is 0 Å². The van der Waals surface area contributed by atoms with Crippen LogP contribution in [0.25, 0.3) is 11.5 Å². The Bertz CT molecular complexity index is 1230. The highest BCUT2D eigenvalue weighted by Gasteiger charge is 2.31. The van der Waals surface area contributed by atoms with Gasteiger partial charge in [-0.25, -0.2) is 14.5 Å². The summed E-state index contributed by atoms with van der Waals surface area (Å²) in [6, 6.07) is 4.56. The molecule has 200 valence electrons. The lowest BCUT2D eigenvalue weighted by Crippen LogP contribution is -2.41. The first-order valence-corrected chi connectivity index (χ1v) is 11.9. The molecule has 0 fully saturated rings. The number of aromatic nitrogens is 2. The van der Waals surface area contributed by atoms with Gasteiger partial charge in [0, 0.05) is 30.2 Å². The lowest BCUT2D eigenvalue weighted by molar-refractivity contribution is 0.0386. The SMILES string of the molecule is CC(CO/C(=C/N)c1cc(N)ccc1N)NC(=O)c1cnc2n1NC(Cl)C=C2N(C)C(=O)OC(C)(C)C. The molecule has 37 heavy (non-hydrogen) atoms. The zero-order valence-corrected chi connectivity index (χ0v) is 22.2. The molecule has 13 heteroatoms. The van der Waals surface area contributed by atoms with Crippen molar-refractivity contribution in [3.05, 3.63) is 53.8 Å².